The number of para-hydroxylation sites is 1. The summed E-state index contributed by atoms with van der Waals surface area (Å²) in [6.07, 6.45) is 0. The SMILES string of the molecule is [N-]=[N+]=NS(=O)(=O)Nc1ccccc1. The van der Waals surface area contributed by atoms with Gasteiger partial charge < -0.3 is 0 Å². The topological polar surface area (TPSA) is 94.9 Å². The first-order valence-corrected chi connectivity index (χ1v) is 4.72. The van der Waals surface area contributed by atoms with Crippen LogP contribution in [-0.2, 0) is 10.2 Å². The van der Waals surface area contributed by atoms with Crippen LogP contribution in [-0.4, -0.2) is 8.42 Å². The van der Waals surface area contributed by atoms with E-state index in [-0.39, 0.29) is 0 Å². The number of azide groups is 1. The minimum Gasteiger partial charge on any atom is -0.277 e. The largest absolute Gasteiger partial charge is 0.322 e. The highest BCUT2D eigenvalue weighted by atomic mass is 32.2. The third kappa shape index (κ3) is 3.02. The van der Waals surface area contributed by atoms with E-state index in [2.05, 4.69) is 14.2 Å². The molecule has 0 atom stereocenters. The first kappa shape index (κ1) is 9.37. The molecule has 0 radical (unpaired) electrons. The van der Waals surface area contributed by atoms with Gasteiger partial charge in [0, 0.05) is 10.6 Å². The number of nitrogens with one attached hydrogen (secondary N) is 1. The molecule has 0 aliphatic rings. The van der Waals surface area contributed by atoms with E-state index in [0.29, 0.717) is 5.69 Å². The molecular formula is C6H6N4O2S. The fourth-order valence-electron chi connectivity index (χ4n) is 0.724. The Morgan fingerprint density at radius 3 is 2.46 bits per heavy atom. The Bertz CT molecular complexity index is 421. The van der Waals surface area contributed by atoms with E-state index in [9.17, 15) is 8.42 Å². The standard InChI is InChI=1S/C6H6N4O2S/c7-9-10-13(11,12)8-6-4-2-1-3-5-6/h1-5,8H. The predicted molar refractivity (Wildman–Crippen MR) is 48.1 cm³/mol. The minimum absolute atomic E-state index is 0.356. The van der Waals surface area contributed by atoms with Gasteiger partial charge in [0.25, 0.3) is 0 Å². The first-order valence-electron chi connectivity index (χ1n) is 3.28. The molecule has 0 unspecified atom stereocenters. The van der Waals surface area contributed by atoms with Crippen LogP contribution in [0.4, 0.5) is 5.69 Å². The zero-order valence-electron chi connectivity index (χ0n) is 6.45. The maximum absolute atomic E-state index is 10.9. The average Bonchev–Trinajstić information content (AvgIpc) is 2.04. The average molecular weight is 198 g/mol. The Balaban J connectivity index is 2.88. The highest BCUT2D eigenvalue weighted by molar-refractivity contribution is 7.91. The summed E-state index contributed by atoms with van der Waals surface area (Å²) < 4.78 is 26.4. The van der Waals surface area contributed by atoms with E-state index >= 15 is 0 Å². The van der Waals surface area contributed by atoms with Gasteiger partial charge in [-0.05, 0) is 17.7 Å². The van der Waals surface area contributed by atoms with Gasteiger partial charge in [0.05, 0.1) is 4.52 Å². The Kier molecular flexibility index (Phi) is 2.73. The maximum atomic E-state index is 10.9. The van der Waals surface area contributed by atoms with Crippen molar-refractivity contribution in [2.45, 2.75) is 0 Å². The number of nitrogens with zero attached hydrogens (tertiary/aromatic N) is 3. The normalized spacial score (nSPS) is 10.2. The maximum Gasteiger partial charge on any atom is 0.322 e. The molecule has 0 heterocycles. The highest BCUT2D eigenvalue weighted by Gasteiger charge is 2.04. The smallest absolute Gasteiger partial charge is 0.277 e. The molecule has 0 aromatic heterocycles. The van der Waals surface area contributed by atoms with Crippen molar-refractivity contribution in [3.8, 4) is 0 Å². The molecule has 0 amide bonds. The Morgan fingerprint density at radius 1 is 1.31 bits per heavy atom. The molecule has 13 heavy (non-hydrogen) atoms. The molecule has 0 aliphatic carbocycles. The van der Waals surface area contributed by atoms with Gasteiger partial charge in [-0.1, -0.05) is 18.2 Å². The second-order valence-electron chi connectivity index (χ2n) is 2.11. The molecule has 1 rings (SSSR count). The minimum atomic E-state index is -3.93. The third-order valence-corrected chi connectivity index (χ3v) is 1.95. The number of hydrogen-bond acceptors (Lipinski definition) is 2. The van der Waals surface area contributed by atoms with Crippen LogP contribution in [0.25, 0.3) is 10.4 Å². The van der Waals surface area contributed by atoms with Crippen LogP contribution in [0.1, 0.15) is 0 Å². The van der Waals surface area contributed by atoms with Gasteiger partial charge >= 0.3 is 10.2 Å². The third-order valence-electron chi connectivity index (χ3n) is 1.16. The predicted octanol–water partition coefficient (Wildman–Crippen LogP) is 1.65. The van der Waals surface area contributed by atoms with Crippen molar-refractivity contribution in [2.75, 3.05) is 4.72 Å². The monoisotopic (exact) mass is 198 g/mol. The molecule has 0 fully saturated rings. The van der Waals surface area contributed by atoms with Gasteiger partial charge in [0.1, 0.15) is 0 Å². The first-order chi connectivity index (χ1) is 6.14. The van der Waals surface area contributed by atoms with Crippen LogP contribution >= 0.6 is 0 Å². The lowest BCUT2D eigenvalue weighted by atomic mass is 10.3. The lowest BCUT2D eigenvalue weighted by Crippen LogP contribution is -2.07. The number of rotatable bonds is 3. The van der Waals surface area contributed by atoms with Crippen LogP contribution in [0.2, 0.25) is 0 Å². The Hall–Kier alpha value is -1.72. The summed E-state index contributed by atoms with van der Waals surface area (Å²) in [4.78, 5) is 2.18. The van der Waals surface area contributed by atoms with Crippen molar-refractivity contribution < 1.29 is 8.42 Å². The van der Waals surface area contributed by atoms with E-state index in [1.165, 1.54) is 0 Å². The van der Waals surface area contributed by atoms with E-state index in [4.69, 9.17) is 5.53 Å². The Morgan fingerprint density at radius 2 is 1.92 bits per heavy atom. The summed E-state index contributed by atoms with van der Waals surface area (Å²) in [5.74, 6) is 0. The zero-order valence-corrected chi connectivity index (χ0v) is 7.27. The van der Waals surface area contributed by atoms with E-state index < -0.39 is 10.2 Å². The van der Waals surface area contributed by atoms with Crippen molar-refractivity contribution in [1.29, 1.82) is 0 Å². The molecule has 1 N–H and O–H groups in total. The molecule has 0 saturated heterocycles. The number of anilines is 1. The van der Waals surface area contributed by atoms with Crippen molar-refractivity contribution in [3.63, 3.8) is 0 Å². The van der Waals surface area contributed by atoms with Crippen molar-refractivity contribution in [2.24, 2.45) is 4.52 Å². The van der Waals surface area contributed by atoms with Crippen molar-refractivity contribution in [1.82, 2.24) is 0 Å². The lowest BCUT2D eigenvalue weighted by Gasteiger charge is -2.00. The molecule has 7 heteroatoms. The van der Waals surface area contributed by atoms with Gasteiger partial charge in [0.2, 0.25) is 0 Å². The van der Waals surface area contributed by atoms with E-state index in [1.807, 2.05) is 0 Å². The molecule has 1 aromatic carbocycles. The summed E-state index contributed by atoms with van der Waals surface area (Å²) in [6.45, 7) is 0. The summed E-state index contributed by atoms with van der Waals surface area (Å²) in [6, 6.07) is 8.15. The van der Waals surface area contributed by atoms with E-state index in [0.717, 1.165) is 0 Å². The van der Waals surface area contributed by atoms with Crippen LogP contribution in [0.15, 0.2) is 34.9 Å². The Labute approximate surface area is 75.0 Å². The van der Waals surface area contributed by atoms with Crippen LogP contribution in [0.3, 0.4) is 0 Å². The van der Waals surface area contributed by atoms with Crippen LogP contribution < -0.4 is 4.72 Å². The summed E-state index contributed by atoms with van der Waals surface area (Å²) in [5, 5.41) is 0. The molecule has 1 aromatic rings. The molecule has 0 saturated carbocycles. The van der Waals surface area contributed by atoms with Crippen molar-refractivity contribution >= 4 is 15.9 Å². The second-order valence-corrected chi connectivity index (χ2v) is 3.43. The molecule has 0 spiro atoms. The molecule has 0 bridgehead atoms. The molecule has 68 valence electrons. The van der Waals surface area contributed by atoms with Gasteiger partial charge in [-0.2, -0.15) is 8.42 Å². The van der Waals surface area contributed by atoms with Gasteiger partial charge in [-0.3, -0.25) is 4.72 Å². The highest BCUT2D eigenvalue weighted by Crippen LogP contribution is 2.08. The molecule has 0 aliphatic heterocycles. The lowest BCUT2D eigenvalue weighted by molar-refractivity contribution is 0.602. The van der Waals surface area contributed by atoms with Crippen LogP contribution in [0, 0.1) is 0 Å². The summed E-state index contributed by atoms with van der Waals surface area (Å²) >= 11 is 0. The fraction of sp³-hybridized carbons (Fsp3) is 0. The summed E-state index contributed by atoms with van der Waals surface area (Å²) in [5.41, 5.74) is 8.28. The molecule has 6 nitrogen and oxygen atoms in total. The van der Waals surface area contributed by atoms with Gasteiger partial charge in [-0.25, -0.2) is 0 Å². The number of hydrogen-bond donors (Lipinski definition) is 1. The second kappa shape index (κ2) is 3.79. The van der Waals surface area contributed by atoms with Gasteiger partial charge in [0.15, 0.2) is 0 Å². The van der Waals surface area contributed by atoms with Crippen molar-refractivity contribution in [3.05, 3.63) is 40.8 Å². The molecular weight excluding hydrogens is 192 g/mol. The van der Waals surface area contributed by atoms with Crippen LogP contribution in [0.5, 0.6) is 0 Å². The van der Waals surface area contributed by atoms with E-state index in [1.54, 1.807) is 30.3 Å². The zero-order chi connectivity index (χ0) is 9.73. The quantitative estimate of drug-likeness (QED) is 0.454. The fourth-order valence-corrected chi connectivity index (χ4v) is 1.29. The summed E-state index contributed by atoms with van der Waals surface area (Å²) in [7, 11) is -3.93. The van der Waals surface area contributed by atoms with Gasteiger partial charge in [-0.15, -0.1) is 0 Å². The number of benzene rings is 1.